The molecule has 0 amide bonds. The number of hydrogen-bond donors (Lipinski definition) is 1. The molecule has 0 bridgehead atoms. The quantitative estimate of drug-likeness (QED) is 0.193. The lowest BCUT2D eigenvalue weighted by Gasteiger charge is -2.44. The third-order valence-corrected chi connectivity index (χ3v) is 10.9. The number of hydrogen-bond acceptors (Lipinski definition) is 12. The van der Waals surface area contributed by atoms with E-state index in [2.05, 4.69) is 4.90 Å². The van der Waals surface area contributed by atoms with Crippen molar-refractivity contribution in [1.29, 1.82) is 0 Å². The Bertz CT molecular complexity index is 1850. The van der Waals surface area contributed by atoms with Crippen molar-refractivity contribution in [3.05, 3.63) is 100 Å². The molecule has 3 aromatic carbocycles. The minimum atomic E-state index is -1.19. The van der Waals surface area contributed by atoms with Gasteiger partial charge >= 0.3 is 17.9 Å². The first-order valence-corrected chi connectivity index (χ1v) is 19.4. The molecular weight excluding hydrogens is 742 g/mol. The van der Waals surface area contributed by atoms with Gasteiger partial charge in [0.05, 0.1) is 6.61 Å². The van der Waals surface area contributed by atoms with Gasteiger partial charge in [-0.1, -0.05) is 18.2 Å². The maximum atomic E-state index is 15.3. The van der Waals surface area contributed by atoms with Gasteiger partial charge in [-0.3, -0.25) is 19.3 Å². The van der Waals surface area contributed by atoms with Crippen LogP contribution in [-0.4, -0.2) is 90.7 Å². The third-order valence-electron chi connectivity index (χ3n) is 10.0. The summed E-state index contributed by atoms with van der Waals surface area (Å²) in [4.78, 5) is 38.6. The van der Waals surface area contributed by atoms with Crippen molar-refractivity contribution in [2.75, 3.05) is 26.0 Å². The lowest BCUT2D eigenvalue weighted by Crippen LogP contribution is -2.57. The zero-order chi connectivity index (χ0) is 39.4. The van der Waals surface area contributed by atoms with Crippen LogP contribution in [0.4, 0.5) is 13.2 Å². The molecule has 3 aromatic rings. The second kappa shape index (κ2) is 17.8. The Morgan fingerprint density at radius 3 is 2.20 bits per heavy atom. The normalized spacial score (nSPS) is 28.3. The van der Waals surface area contributed by atoms with Crippen LogP contribution in [0.25, 0.3) is 0 Å². The second-order valence-electron chi connectivity index (χ2n) is 14.1. The monoisotopic (exact) mass is 786 g/mol. The summed E-state index contributed by atoms with van der Waals surface area (Å²) in [5.41, 5.74) is 7.37. The summed E-state index contributed by atoms with van der Waals surface area (Å²) >= 11 is 1.22. The van der Waals surface area contributed by atoms with Crippen molar-refractivity contribution < 1.29 is 56.0 Å². The summed E-state index contributed by atoms with van der Waals surface area (Å²) in [5.74, 6) is -2.85. The first kappa shape index (κ1) is 40.5. The molecule has 3 aliphatic rings. The number of esters is 3. The predicted octanol–water partition coefficient (Wildman–Crippen LogP) is 5.56. The molecule has 3 fully saturated rings. The van der Waals surface area contributed by atoms with Gasteiger partial charge in [-0.15, -0.1) is 11.8 Å². The van der Waals surface area contributed by atoms with E-state index in [4.69, 9.17) is 34.2 Å². The summed E-state index contributed by atoms with van der Waals surface area (Å²) < 4.78 is 78.7. The molecule has 0 aromatic heterocycles. The van der Waals surface area contributed by atoms with Crippen molar-refractivity contribution in [2.45, 2.75) is 94.2 Å². The van der Waals surface area contributed by atoms with E-state index in [1.165, 1.54) is 44.7 Å². The molecule has 6 rings (SSSR count). The summed E-state index contributed by atoms with van der Waals surface area (Å²) in [6.07, 6.45) is -1.93. The Hall–Kier alpha value is -4.15. The van der Waals surface area contributed by atoms with E-state index in [0.29, 0.717) is 36.4 Å². The maximum absolute atomic E-state index is 15.3. The summed E-state index contributed by atoms with van der Waals surface area (Å²) in [5, 5.41) is 0. The molecule has 15 heteroatoms. The SMILES string of the molecule is CS[C@H]1O[C@@H](c2ccc(F)c(Cc3ccc(O[C@@H]4CCN([C@H]5CO[C@H](c6cc(F)ccc6F)[C@@H](N)C5)C4)cc3)c2)[C@H](OC(C)=O)[C@@H](OC(C)=O)[C@@H]1OC(C)=O. The van der Waals surface area contributed by atoms with Gasteiger partial charge in [0.2, 0.25) is 0 Å². The average molecular weight is 787 g/mol. The molecule has 0 aliphatic carbocycles. The average Bonchev–Trinajstić information content (AvgIpc) is 3.60. The van der Waals surface area contributed by atoms with Crippen LogP contribution in [-0.2, 0) is 44.5 Å². The second-order valence-corrected chi connectivity index (χ2v) is 15.0. The number of carbonyl (C=O) groups is 3. The van der Waals surface area contributed by atoms with Gasteiger partial charge in [0, 0.05) is 57.9 Å². The number of halogens is 3. The van der Waals surface area contributed by atoms with Crippen LogP contribution < -0.4 is 10.5 Å². The molecular formula is C40H45F3N2O9S. The zero-order valence-electron chi connectivity index (χ0n) is 31.0. The van der Waals surface area contributed by atoms with Crippen LogP contribution in [0.3, 0.4) is 0 Å². The standard InChI is InChI=1S/C40H45F3N2O9S/c1-21(46)50-37-35(54-40(55-4)39(52-23(3)48)38(37)51-22(2)47)25-7-11-32(42)26(16-25)15-24-5-9-29(10-6-24)53-30-13-14-45(19-30)28-18-34(44)36(49-20-28)31-17-27(41)8-12-33(31)43/h5-12,16-17,28,30,34-40H,13-15,18-20,44H2,1-4H3/t28-,30-,34+,35+,36-,37+,38-,39+,40-/m1/s1. The van der Waals surface area contributed by atoms with E-state index in [1.54, 1.807) is 12.3 Å². The minimum Gasteiger partial charge on any atom is -0.489 e. The predicted molar refractivity (Wildman–Crippen MR) is 195 cm³/mol. The number of ether oxygens (including phenoxy) is 6. The van der Waals surface area contributed by atoms with Crippen LogP contribution in [0.15, 0.2) is 60.7 Å². The number of benzene rings is 3. The Kier molecular flexibility index (Phi) is 13.1. The first-order valence-electron chi connectivity index (χ1n) is 18.1. The zero-order valence-corrected chi connectivity index (χ0v) is 31.8. The third kappa shape index (κ3) is 9.81. The smallest absolute Gasteiger partial charge is 0.303 e. The van der Waals surface area contributed by atoms with Gasteiger partial charge in [-0.05, 0) is 78.3 Å². The molecule has 11 nitrogen and oxygen atoms in total. The lowest BCUT2D eigenvalue weighted by atomic mass is 9.91. The Balaban J connectivity index is 1.09. The van der Waals surface area contributed by atoms with Gasteiger partial charge in [0.1, 0.15) is 46.9 Å². The molecule has 296 valence electrons. The largest absolute Gasteiger partial charge is 0.489 e. The van der Waals surface area contributed by atoms with Crippen LogP contribution in [0.2, 0.25) is 0 Å². The minimum absolute atomic E-state index is 0.0160. The Labute approximate surface area is 321 Å². The highest BCUT2D eigenvalue weighted by Gasteiger charge is 2.52. The van der Waals surface area contributed by atoms with Crippen molar-refractivity contribution in [1.82, 2.24) is 4.90 Å². The Morgan fingerprint density at radius 1 is 0.855 bits per heavy atom. The van der Waals surface area contributed by atoms with Gasteiger partial charge in [-0.2, -0.15) is 0 Å². The van der Waals surface area contributed by atoms with Gasteiger partial charge < -0.3 is 34.2 Å². The maximum Gasteiger partial charge on any atom is 0.303 e. The fraction of sp³-hybridized carbons (Fsp3) is 0.475. The van der Waals surface area contributed by atoms with E-state index >= 15 is 4.39 Å². The number of thioether (sulfide) groups is 1. The number of nitrogens with two attached hydrogens (primary N) is 1. The lowest BCUT2D eigenvalue weighted by molar-refractivity contribution is -0.233. The highest BCUT2D eigenvalue weighted by atomic mass is 32.2. The van der Waals surface area contributed by atoms with Gasteiger partial charge in [-0.25, -0.2) is 13.2 Å². The molecule has 0 saturated carbocycles. The van der Waals surface area contributed by atoms with Gasteiger partial charge in [0.15, 0.2) is 18.3 Å². The first-order chi connectivity index (χ1) is 26.3. The van der Waals surface area contributed by atoms with Crippen molar-refractivity contribution >= 4 is 29.7 Å². The van der Waals surface area contributed by atoms with Crippen molar-refractivity contribution in [3.8, 4) is 5.75 Å². The molecule has 0 spiro atoms. The van der Waals surface area contributed by atoms with Crippen LogP contribution in [0.1, 0.15) is 68.1 Å². The van der Waals surface area contributed by atoms with Crippen molar-refractivity contribution in [2.24, 2.45) is 5.73 Å². The summed E-state index contributed by atoms with van der Waals surface area (Å²) in [6, 6.07) is 14.6. The van der Waals surface area contributed by atoms with Crippen molar-refractivity contribution in [3.63, 3.8) is 0 Å². The molecule has 3 saturated heterocycles. The molecule has 3 heterocycles. The fourth-order valence-electron chi connectivity index (χ4n) is 7.57. The van der Waals surface area contributed by atoms with E-state index in [1.807, 2.05) is 24.3 Å². The molecule has 55 heavy (non-hydrogen) atoms. The number of rotatable bonds is 11. The van der Waals surface area contributed by atoms with E-state index in [9.17, 15) is 23.2 Å². The van der Waals surface area contributed by atoms with E-state index in [-0.39, 0.29) is 24.1 Å². The highest BCUT2D eigenvalue weighted by molar-refractivity contribution is 7.99. The number of carbonyl (C=O) groups excluding carboxylic acids is 3. The van der Waals surface area contributed by atoms with E-state index in [0.717, 1.165) is 36.7 Å². The number of likely N-dealkylation sites (tertiary alicyclic amines) is 1. The molecule has 2 N–H and O–H groups in total. The van der Waals surface area contributed by atoms with Crippen LogP contribution in [0, 0.1) is 17.5 Å². The van der Waals surface area contributed by atoms with Crippen LogP contribution >= 0.6 is 11.8 Å². The molecule has 0 unspecified atom stereocenters. The highest BCUT2D eigenvalue weighted by Crippen LogP contribution is 2.41. The topological polar surface area (TPSA) is 136 Å². The molecule has 0 radical (unpaired) electrons. The molecule has 9 atom stereocenters. The summed E-state index contributed by atoms with van der Waals surface area (Å²) in [6.45, 7) is 5.37. The van der Waals surface area contributed by atoms with Crippen LogP contribution in [0.5, 0.6) is 5.75 Å². The fourth-order valence-corrected chi connectivity index (χ4v) is 8.28. The Morgan fingerprint density at radius 2 is 1.53 bits per heavy atom. The van der Waals surface area contributed by atoms with E-state index < -0.39 is 77.4 Å². The summed E-state index contributed by atoms with van der Waals surface area (Å²) in [7, 11) is 0. The molecule has 3 aliphatic heterocycles. The van der Waals surface area contributed by atoms with Gasteiger partial charge in [0.25, 0.3) is 0 Å². The number of nitrogens with zero attached hydrogens (tertiary/aromatic N) is 1.